The van der Waals surface area contributed by atoms with E-state index in [2.05, 4.69) is 19.3 Å². The van der Waals surface area contributed by atoms with Crippen molar-refractivity contribution in [2.75, 3.05) is 13.2 Å². The van der Waals surface area contributed by atoms with Gasteiger partial charge < -0.3 is 0 Å². The number of unbranched alkanes of at least 4 members (excludes halogenated alkanes) is 30. The lowest BCUT2D eigenvalue weighted by Crippen LogP contribution is -2.23. The third-order valence-electron chi connectivity index (χ3n) is 8.52. The van der Waals surface area contributed by atoms with E-state index in [4.69, 9.17) is 8.47 Å². The average molecular weight is 618 g/mol. The van der Waals surface area contributed by atoms with Gasteiger partial charge in [0.05, 0.1) is 6.61 Å². The van der Waals surface area contributed by atoms with Crippen molar-refractivity contribution in [1.29, 1.82) is 0 Å². The first-order valence-corrected chi connectivity index (χ1v) is 20.3. The Morgan fingerprint density at radius 2 is 0.643 bits per heavy atom. The van der Waals surface area contributed by atoms with E-state index in [9.17, 15) is 8.42 Å². The summed E-state index contributed by atoms with van der Waals surface area (Å²) in [6, 6.07) is 0. The van der Waals surface area contributed by atoms with Gasteiger partial charge in [0.15, 0.2) is 0 Å². The highest BCUT2D eigenvalue weighted by atomic mass is 32.3. The molecule has 1 N–H and O–H groups in total. The summed E-state index contributed by atoms with van der Waals surface area (Å²) >= 11 is 0. The molecule has 0 saturated carbocycles. The van der Waals surface area contributed by atoms with Crippen LogP contribution in [-0.2, 0) is 18.9 Å². The van der Waals surface area contributed by atoms with E-state index in [1.807, 2.05) is 0 Å². The minimum Gasteiger partial charge on any atom is -0.247 e. The molecule has 0 aromatic carbocycles. The Morgan fingerprint density at radius 1 is 0.381 bits per heavy atom. The van der Waals surface area contributed by atoms with Crippen molar-refractivity contribution >= 4 is 10.4 Å². The number of rotatable bonds is 37. The maximum absolute atomic E-state index is 11.9. The minimum atomic E-state index is -3.94. The van der Waals surface area contributed by atoms with Gasteiger partial charge in [-0.25, -0.2) is 4.18 Å². The van der Waals surface area contributed by atoms with Gasteiger partial charge in [-0.1, -0.05) is 206 Å². The normalized spacial score (nSPS) is 12.0. The van der Waals surface area contributed by atoms with Gasteiger partial charge in [0.25, 0.3) is 0 Å². The van der Waals surface area contributed by atoms with E-state index in [0.29, 0.717) is 6.54 Å². The quantitative estimate of drug-likeness (QED) is 0.0555. The predicted molar refractivity (Wildman–Crippen MR) is 183 cm³/mol. The molecule has 0 amide bonds. The van der Waals surface area contributed by atoms with Gasteiger partial charge in [-0.2, -0.15) is 18.2 Å². The third kappa shape index (κ3) is 36.0. The van der Waals surface area contributed by atoms with Crippen LogP contribution >= 0.6 is 0 Å². The van der Waals surface area contributed by atoms with E-state index in [1.54, 1.807) is 0 Å². The number of hydroxylamine groups is 1. The molecule has 0 aliphatic rings. The van der Waals surface area contributed by atoms with Crippen molar-refractivity contribution < 1.29 is 16.9 Å². The Kier molecular flexibility index (Phi) is 35.2. The molecule has 0 radical (unpaired) electrons. The van der Waals surface area contributed by atoms with Gasteiger partial charge in [-0.15, -0.1) is 0 Å². The second-order valence-electron chi connectivity index (χ2n) is 12.8. The Morgan fingerprint density at radius 3 is 0.952 bits per heavy atom. The fourth-order valence-corrected chi connectivity index (χ4v) is 6.29. The van der Waals surface area contributed by atoms with Crippen molar-refractivity contribution in [2.24, 2.45) is 0 Å². The standard InChI is InChI=1S/C36H75NO4S/c1-3-5-7-9-11-13-15-17-19-21-23-25-27-29-31-33-35-37-41-42(38,39)40-36-34-32-30-28-26-24-22-20-18-16-14-12-10-8-6-4-2/h37H,3-36H2,1-2H3. The molecule has 0 fully saturated rings. The largest absolute Gasteiger partial charge is 0.416 e. The number of nitrogens with one attached hydrogen (secondary N) is 1. The highest BCUT2D eigenvalue weighted by molar-refractivity contribution is 7.81. The zero-order valence-corrected chi connectivity index (χ0v) is 29.4. The van der Waals surface area contributed by atoms with Crippen molar-refractivity contribution in [3.05, 3.63) is 0 Å². The SMILES string of the molecule is CCCCCCCCCCCCCCCCCCNOS(=O)(=O)OCCCCCCCCCCCCCCCCCC. The summed E-state index contributed by atoms with van der Waals surface area (Å²) in [4.78, 5) is 0. The summed E-state index contributed by atoms with van der Waals surface area (Å²) in [6.45, 7) is 5.31. The van der Waals surface area contributed by atoms with Gasteiger partial charge in [0.1, 0.15) is 0 Å². The summed E-state index contributed by atoms with van der Waals surface area (Å²) in [5.74, 6) is 0. The molecule has 42 heavy (non-hydrogen) atoms. The van der Waals surface area contributed by atoms with Gasteiger partial charge in [-0.3, -0.25) is 0 Å². The molecule has 0 aliphatic heterocycles. The monoisotopic (exact) mass is 618 g/mol. The average Bonchev–Trinajstić information content (AvgIpc) is 2.98. The lowest BCUT2D eigenvalue weighted by Gasteiger charge is -2.07. The molecule has 0 heterocycles. The molecule has 0 aromatic heterocycles. The molecule has 0 saturated heterocycles. The fraction of sp³-hybridized carbons (Fsp3) is 1.00. The van der Waals surface area contributed by atoms with Gasteiger partial charge in [-0.05, 0) is 12.8 Å². The topological polar surface area (TPSA) is 64.6 Å². The Hall–Kier alpha value is -0.170. The second kappa shape index (κ2) is 35.3. The highest BCUT2D eigenvalue weighted by Crippen LogP contribution is 2.15. The van der Waals surface area contributed by atoms with E-state index < -0.39 is 10.4 Å². The van der Waals surface area contributed by atoms with Crippen LogP contribution in [0.25, 0.3) is 0 Å². The van der Waals surface area contributed by atoms with Crippen LogP contribution in [-0.4, -0.2) is 21.6 Å². The summed E-state index contributed by atoms with van der Waals surface area (Å²) < 4.78 is 33.5. The van der Waals surface area contributed by atoms with Crippen LogP contribution in [0.3, 0.4) is 0 Å². The summed E-state index contributed by atoms with van der Waals surface area (Å²) in [5.41, 5.74) is 2.57. The summed E-state index contributed by atoms with van der Waals surface area (Å²) in [6.07, 6.45) is 42.0. The zero-order chi connectivity index (χ0) is 30.7. The van der Waals surface area contributed by atoms with Gasteiger partial charge >= 0.3 is 10.4 Å². The van der Waals surface area contributed by atoms with Crippen molar-refractivity contribution in [3.8, 4) is 0 Å². The molecule has 0 aliphatic carbocycles. The molecule has 0 atom stereocenters. The van der Waals surface area contributed by atoms with Crippen LogP contribution in [0.5, 0.6) is 0 Å². The van der Waals surface area contributed by atoms with Gasteiger partial charge in [0.2, 0.25) is 0 Å². The highest BCUT2D eigenvalue weighted by Gasteiger charge is 2.11. The Bertz CT molecular complexity index is 599. The molecule has 0 spiro atoms. The fourth-order valence-electron chi connectivity index (χ4n) is 5.69. The lowest BCUT2D eigenvalue weighted by atomic mass is 10.0. The molecule has 0 aromatic rings. The number of hydrogen-bond acceptors (Lipinski definition) is 5. The second-order valence-corrected chi connectivity index (χ2v) is 14.0. The van der Waals surface area contributed by atoms with Crippen molar-refractivity contribution in [1.82, 2.24) is 5.48 Å². The van der Waals surface area contributed by atoms with E-state index in [1.165, 1.54) is 173 Å². The van der Waals surface area contributed by atoms with Crippen LogP contribution in [0, 0.1) is 0 Å². The molecule has 0 rings (SSSR count). The number of hydrogen-bond donors (Lipinski definition) is 1. The third-order valence-corrected chi connectivity index (χ3v) is 9.30. The first-order chi connectivity index (χ1) is 20.6. The Balaban J connectivity index is 3.27. The minimum absolute atomic E-state index is 0.210. The molecule has 0 unspecified atom stereocenters. The molecule has 0 bridgehead atoms. The van der Waals surface area contributed by atoms with Gasteiger partial charge in [0, 0.05) is 6.54 Å². The molecular weight excluding hydrogens is 542 g/mol. The maximum Gasteiger partial charge on any atom is 0.416 e. The first-order valence-electron chi connectivity index (χ1n) is 18.9. The van der Waals surface area contributed by atoms with Crippen LogP contribution in [0.4, 0.5) is 0 Å². The van der Waals surface area contributed by atoms with Crippen molar-refractivity contribution in [3.63, 3.8) is 0 Å². The van der Waals surface area contributed by atoms with E-state index in [-0.39, 0.29) is 6.61 Å². The van der Waals surface area contributed by atoms with Crippen LogP contribution in [0.2, 0.25) is 0 Å². The van der Waals surface area contributed by atoms with E-state index >= 15 is 0 Å². The van der Waals surface area contributed by atoms with E-state index in [0.717, 1.165) is 32.1 Å². The van der Waals surface area contributed by atoms with Crippen LogP contribution in [0.1, 0.15) is 219 Å². The maximum atomic E-state index is 11.9. The summed E-state index contributed by atoms with van der Waals surface area (Å²) in [7, 11) is -3.94. The van der Waals surface area contributed by atoms with Crippen LogP contribution in [0.15, 0.2) is 0 Å². The lowest BCUT2D eigenvalue weighted by molar-refractivity contribution is 0.146. The smallest absolute Gasteiger partial charge is 0.247 e. The molecule has 5 nitrogen and oxygen atoms in total. The summed E-state index contributed by atoms with van der Waals surface area (Å²) in [5, 5.41) is 0. The zero-order valence-electron chi connectivity index (χ0n) is 28.6. The Labute approximate surface area is 264 Å². The molecular formula is C36H75NO4S. The molecule has 254 valence electrons. The van der Waals surface area contributed by atoms with Crippen molar-refractivity contribution in [2.45, 2.75) is 219 Å². The molecule has 6 heteroatoms. The first kappa shape index (κ1) is 41.8. The predicted octanol–water partition coefficient (Wildman–Crippen LogP) is 12.3. The van der Waals surface area contributed by atoms with Crippen LogP contribution < -0.4 is 5.48 Å².